The second-order valence-electron chi connectivity index (χ2n) is 2.71. The van der Waals surface area contributed by atoms with Gasteiger partial charge in [0, 0.05) is 24.3 Å². The van der Waals surface area contributed by atoms with Crippen molar-refractivity contribution >= 4 is 0 Å². The number of aliphatic hydroxyl groups excluding tert-OH is 1. The van der Waals surface area contributed by atoms with Crippen molar-refractivity contribution in [3.8, 4) is 5.75 Å². The Labute approximate surface area is 74.4 Å². The highest BCUT2D eigenvalue weighted by molar-refractivity contribution is 5.34. The third kappa shape index (κ3) is 2.39. The fraction of sp³-hybridized carbons (Fsp3) is 0.333. The van der Waals surface area contributed by atoms with Crippen molar-refractivity contribution in [2.75, 3.05) is 6.61 Å². The van der Waals surface area contributed by atoms with Crippen LogP contribution in [0.15, 0.2) is 12.1 Å². The van der Waals surface area contributed by atoms with Crippen LogP contribution in [0.2, 0.25) is 0 Å². The summed E-state index contributed by atoms with van der Waals surface area (Å²) in [7, 11) is 0. The zero-order chi connectivity index (χ0) is 9.84. The highest BCUT2D eigenvalue weighted by Crippen LogP contribution is 2.23. The van der Waals surface area contributed by atoms with E-state index in [9.17, 15) is 8.78 Å². The summed E-state index contributed by atoms with van der Waals surface area (Å²) in [5.74, 6) is -1.97. The molecule has 72 valence electrons. The van der Waals surface area contributed by atoms with Gasteiger partial charge >= 0.3 is 0 Å². The van der Waals surface area contributed by atoms with E-state index in [1.807, 2.05) is 0 Å². The summed E-state index contributed by atoms with van der Waals surface area (Å²) in [6.07, 6.45) is 0.546. The number of phenolic OH excluding ortho intramolecular Hbond substituents is 1. The number of aliphatic hydroxyl groups is 1. The monoisotopic (exact) mass is 188 g/mol. The summed E-state index contributed by atoms with van der Waals surface area (Å²) in [5.41, 5.74) is 0.0513. The van der Waals surface area contributed by atoms with E-state index in [4.69, 9.17) is 10.2 Å². The van der Waals surface area contributed by atoms with Gasteiger partial charge in [-0.3, -0.25) is 0 Å². The van der Waals surface area contributed by atoms with Crippen LogP contribution in [0.1, 0.15) is 12.0 Å². The summed E-state index contributed by atoms with van der Waals surface area (Å²) >= 11 is 0. The smallest absolute Gasteiger partial charge is 0.133 e. The van der Waals surface area contributed by atoms with Gasteiger partial charge in [0.05, 0.1) is 0 Å². The predicted molar refractivity (Wildman–Crippen MR) is 43.4 cm³/mol. The van der Waals surface area contributed by atoms with E-state index < -0.39 is 17.4 Å². The summed E-state index contributed by atoms with van der Waals surface area (Å²) in [6, 6.07) is 1.57. The lowest BCUT2D eigenvalue weighted by Crippen LogP contribution is -1.95. The Hall–Kier alpha value is -1.16. The van der Waals surface area contributed by atoms with Gasteiger partial charge in [-0.25, -0.2) is 8.78 Å². The minimum Gasteiger partial charge on any atom is -0.507 e. The molecular weight excluding hydrogens is 178 g/mol. The molecule has 0 spiro atoms. The molecule has 0 unspecified atom stereocenters. The maximum absolute atomic E-state index is 13.0. The summed E-state index contributed by atoms with van der Waals surface area (Å²) in [5, 5.41) is 17.6. The average molecular weight is 188 g/mol. The van der Waals surface area contributed by atoms with Gasteiger partial charge in [-0.15, -0.1) is 0 Å². The first-order chi connectivity index (χ1) is 6.15. The number of hydrogen-bond donors (Lipinski definition) is 2. The van der Waals surface area contributed by atoms with Crippen LogP contribution >= 0.6 is 0 Å². The molecule has 4 heteroatoms. The van der Waals surface area contributed by atoms with Crippen molar-refractivity contribution in [1.82, 2.24) is 0 Å². The lowest BCUT2D eigenvalue weighted by atomic mass is 10.1. The predicted octanol–water partition coefficient (Wildman–Crippen LogP) is 1.60. The fourth-order valence-corrected chi connectivity index (χ4v) is 1.09. The van der Waals surface area contributed by atoms with Crippen molar-refractivity contribution in [2.24, 2.45) is 0 Å². The molecular formula is C9H10F2O2. The zero-order valence-electron chi connectivity index (χ0n) is 6.93. The highest BCUT2D eigenvalue weighted by atomic mass is 19.1. The molecule has 0 saturated carbocycles. The SMILES string of the molecule is OCCCc1c(O)cc(F)cc1F. The normalized spacial score (nSPS) is 10.4. The van der Waals surface area contributed by atoms with Crippen LogP contribution in [0.3, 0.4) is 0 Å². The molecule has 0 saturated heterocycles. The summed E-state index contributed by atoms with van der Waals surface area (Å²) < 4.78 is 25.4. The third-order valence-electron chi connectivity index (χ3n) is 1.72. The van der Waals surface area contributed by atoms with Gasteiger partial charge in [0.25, 0.3) is 0 Å². The number of hydrogen-bond acceptors (Lipinski definition) is 2. The Morgan fingerprint density at radius 3 is 2.46 bits per heavy atom. The first-order valence-corrected chi connectivity index (χ1v) is 3.93. The van der Waals surface area contributed by atoms with Gasteiger partial charge in [0.15, 0.2) is 0 Å². The maximum Gasteiger partial charge on any atom is 0.133 e. The molecule has 0 aliphatic heterocycles. The molecule has 2 N–H and O–H groups in total. The Morgan fingerprint density at radius 1 is 1.23 bits per heavy atom. The third-order valence-corrected chi connectivity index (χ3v) is 1.72. The standard InChI is InChI=1S/C9H10F2O2/c10-6-4-8(11)7(2-1-3-12)9(13)5-6/h4-5,12-13H,1-3H2. The Balaban J connectivity index is 2.92. The minimum absolute atomic E-state index is 0.0513. The Morgan fingerprint density at radius 2 is 1.92 bits per heavy atom. The molecule has 0 fully saturated rings. The van der Waals surface area contributed by atoms with Crippen LogP contribution in [-0.2, 0) is 6.42 Å². The van der Waals surface area contributed by atoms with E-state index in [1.165, 1.54) is 0 Å². The Bertz CT molecular complexity index is 277. The van der Waals surface area contributed by atoms with E-state index in [0.29, 0.717) is 12.5 Å². The number of rotatable bonds is 3. The summed E-state index contributed by atoms with van der Waals surface area (Å²) in [6.45, 7) is -0.0870. The van der Waals surface area contributed by atoms with Crippen LogP contribution in [0.25, 0.3) is 0 Å². The van der Waals surface area contributed by atoms with Crippen molar-refractivity contribution in [3.63, 3.8) is 0 Å². The van der Waals surface area contributed by atoms with Gasteiger partial charge in [-0.05, 0) is 12.8 Å². The molecule has 1 aromatic rings. The van der Waals surface area contributed by atoms with Crippen LogP contribution < -0.4 is 0 Å². The van der Waals surface area contributed by atoms with Crippen LogP contribution in [0.5, 0.6) is 5.75 Å². The zero-order valence-corrected chi connectivity index (χ0v) is 6.93. The number of halogens is 2. The number of phenols is 1. The lowest BCUT2D eigenvalue weighted by Gasteiger charge is -2.04. The largest absolute Gasteiger partial charge is 0.507 e. The molecule has 0 aromatic heterocycles. The van der Waals surface area contributed by atoms with E-state index in [1.54, 1.807) is 0 Å². The first-order valence-electron chi connectivity index (χ1n) is 3.93. The van der Waals surface area contributed by atoms with Crippen LogP contribution in [0.4, 0.5) is 8.78 Å². The van der Waals surface area contributed by atoms with E-state index in [-0.39, 0.29) is 18.6 Å². The van der Waals surface area contributed by atoms with Crippen molar-refractivity contribution in [2.45, 2.75) is 12.8 Å². The topological polar surface area (TPSA) is 40.5 Å². The highest BCUT2D eigenvalue weighted by Gasteiger charge is 2.09. The van der Waals surface area contributed by atoms with Gasteiger partial charge in [-0.2, -0.15) is 0 Å². The van der Waals surface area contributed by atoms with Gasteiger partial charge in [-0.1, -0.05) is 0 Å². The van der Waals surface area contributed by atoms with E-state index >= 15 is 0 Å². The first kappa shape index (κ1) is 9.92. The molecule has 0 heterocycles. The lowest BCUT2D eigenvalue weighted by molar-refractivity contribution is 0.287. The maximum atomic E-state index is 13.0. The molecule has 13 heavy (non-hydrogen) atoms. The molecule has 0 amide bonds. The van der Waals surface area contributed by atoms with Crippen molar-refractivity contribution < 1.29 is 19.0 Å². The second kappa shape index (κ2) is 4.18. The molecule has 2 nitrogen and oxygen atoms in total. The van der Waals surface area contributed by atoms with E-state index in [0.717, 1.165) is 6.07 Å². The molecule has 0 aliphatic carbocycles. The second-order valence-corrected chi connectivity index (χ2v) is 2.71. The van der Waals surface area contributed by atoms with Crippen LogP contribution in [-0.4, -0.2) is 16.8 Å². The average Bonchev–Trinajstić information content (AvgIpc) is 2.02. The molecule has 1 rings (SSSR count). The van der Waals surface area contributed by atoms with Crippen molar-refractivity contribution in [3.05, 3.63) is 29.3 Å². The fourth-order valence-electron chi connectivity index (χ4n) is 1.09. The molecule has 0 radical (unpaired) electrons. The van der Waals surface area contributed by atoms with Gasteiger partial charge < -0.3 is 10.2 Å². The number of benzene rings is 1. The van der Waals surface area contributed by atoms with Gasteiger partial charge in [0.2, 0.25) is 0 Å². The molecule has 0 atom stereocenters. The molecule has 0 aliphatic rings. The summed E-state index contributed by atoms with van der Waals surface area (Å²) in [4.78, 5) is 0. The van der Waals surface area contributed by atoms with Crippen LogP contribution in [0, 0.1) is 11.6 Å². The molecule has 0 bridgehead atoms. The Kier molecular flexibility index (Phi) is 3.19. The minimum atomic E-state index is -0.803. The quantitative estimate of drug-likeness (QED) is 0.756. The van der Waals surface area contributed by atoms with Gasteiger partial charge in [0.1, 0.15) is 17.4 Å². The number of aromatic hydroxyl groups is 1. The van der Waals surface area contributed by atoms with Crippen molar-refractivity contribution in [1.29, 1.82) is 0 Å². The van der Waals surface area contributed by atoms with E-state index in [2.05, 4.69) is 0 Å². The molecule has 1 aromatic carbocycles.